The van der Waals surface area contributed by atoms with Crippen LogP contribution in [0, 0.1) is 0 Å². The van der Waals surface area contributed by atoms with E-state index in [1.165, 1.54) is 32.5 Å². The molecule has 4 heteroatoms. The van der Waals surface area contributed by atoms with Crippen molar-refractivity contribution in [3.05, 3.63) is 0 Å². The zero-order chi connectivity index (χ0) is 10.9. The fourth-order valence-electron chi connectivity index (χ4n) is 1.89. The van der Waals surface area contributed by atoms with Crippen LogP contribution >= 0.6 is 11.6 Å². The lowest BCUT2D eigenvalue weighted by atomic mass is 10.3. The van der Waals surface area contributed by atoms with E-state index in [4.69, 9.17) is 16.3 Å². The van der Waals surface area contributed by atoms with Gasteiger partial charge in [0.15, 0.2) is 0 Å². The number of halogens is 1. The first kappa shape index (κ1) is 13.2. The molecule has 1 rings (SSSR count). The molecule has 1 fully saturated rings. The third kappa shape index (κ3) is 6.36. The van der Waals surface area contributed by atoms with E-state index in [9.17, 15) is 0 Å². The van der Waals surface area contributed by atoms with Crippen molar-refractivity contribution in [2.24, 2.45) is 0 Å². The van der Waals surface area contributed by atoms with Gasteiger partial charge >= 0.3 is 0 Å². The van der Waals surface area contributed by atoms with Crippen molar-refractivity contribution in [3.8, 4) is 0 Å². The minimum Gasteiger partial charge on any atom is -0.383 e. The molecule has 0 spiro atoms. The average molecular weight is 235 g/mol. The summed E-state index contributed by atoms with van der Waals surface area (Å²) in [6.45, 7) is 6.46. The molecule has 0 aromatic rings. The lowest BCUT2D eigenvalue weighted by molar-refractivity contribution is 0.195. The van der Waals surface area contributed by atoms with Gasteiger partial charge in [-0.15, -0.1) is 11.6 Å². The Bertz CT molecular complexity index is 152. The van der Waals surface area contributed by atoms with Gasteiger partial charge in [0.2, 0.25) is 0 Å². The predicted molar refractivity (Wildman–Crippen MR) is 64.7 cm³/mol. The molecule has 90 valence electrons. The van der Waals surface area contributed by atoms with Gasteiger partial charge in [0.05, 0.1) is 12.0 Å². The molecule has 1 saturated heterocycles. The molecule has 1 atom stereocenters. The number of hydrogen-bond acceptors (Lipinski definition) is 3. The van der Waals surface area contributed by atoms with Gasteiger partial charge in [-0.1, -0.05) is 0 Å². The Morgan fingerprint density at radius 1 is 1.33 bits per heavy atom. The smallest absolute Gasteiger partial charge is 0.0626 e. The van der Waals surface area contributed by atoms with Crippen LogP contribution in [0.1, 0.15) is 19.3 Å². The third-order valence-corrected chi connectivity index (χ3v) is 3.13. The summed E-state index contributed by atoms with van der Waals surface area (Å²) in [7, 11) is 1.69. The molecule has 1 aliphatic heterocycles. The van der Waals surface area contributed by atoms with Crippen molar-refractivity contribution >= 4 is 11.6 Å². The molecule has 0 aromatic heterocycles. The molecular formula is C11H23ClN2O. The molecule has 3 nitrogen and oxygen atoms in total. The summed E-state index contributed by atoms with van der Waals surface area (Å²) in [5.74, 6) is 0. The number of methoxy groups -OCH3 is 1. The highest BCUT2D eigenvalue weighted by Gasteiger charge is 2.10. The van der Waals surface area contributed by atoms with Gasteiger partial charge < -0.3 is 15.0 Å². The van der Waals surface area contributed by atoms with Gasteiger partial charge in [0, 0.05) is 20.2 Å². The molecule has 1 N–H and O–H groups in total. The van der Waals surface area contributed by atoms with Crippen molar-refractivity contribution < 1.29 is 4.74 Å². The molecule has 0 aliphatic carbocycles. The monoisotopic (exact) mass is 234 g/mol. The molecule has 0 saturated carbocycles. The van der Waals surface area contributed by atoms with E-state index in [0.29, 0.717) is 6.61 Å². The van der Waals surface area contributed by atoms with Crippen molar-refractivity contribution in [2.75, 3.05) is 46.4 Å². The molecule has 1 aliphatic rings. The van der Waals surface area contributed by atoms with Crippen molar-refractivity contribution in [1.29, 1.82) is 0 Å². The van der Waals surface area contributed by atoms with Gasteiger partial charge in [-0.2, -0.15) is 0 Å². The minimum absolute atomic E-state index is 0.147. The van der Waals surface area contributed by atoms with E-state index in [1.54, 1.807) is 7.11 Å². The highest BCUT2D eigenvalue weighted by atomic mass is 35.5. The summed E-state index contributed by atoms with van der Waals surface area (Å²) in [6, 6.07) is 0. The van der Waals surface area contributed by atoms with Crippen LogP contribution in [-0.2, 0) is 4.74 Å². The molecular weight excluding hydrogens is 212 g/mol. The number of nitrogens with one attached hydrogen (secondary N) is 1. The SMILES string of the molecule is COCC(Cl)CCNCCN1CCCC1. The highest BCUT2D eigenvalue weighted by Crippen LogP contribution is 2.05. The number of rotatable bonds is 8. The summed E-state index contributed by atoms with van der Waals surface area (Å²) < 4.78 is 4.97. The van der Waals surface area contributed by atoms with Crippen molar-refractivity contribution in [2.45, 2.75) is 24.6 Å². The number of nitrogens with zero attached hydrogens (tertiary/aromatic N) is 1. The van der Waals surface area contributed by atoms with Gasteiger partial charge in [-0.05, 0) is 38.9 Å². The number of hydrogen-bond donors (Lipinski definition) is 1. The maximum atomic E-state index is 6.01. The van der Waals surface area contributed by atoms with Crippen molar-refractivity contribution in [1.82, 2.24) is 10.2 Å². The van der Waals surface area contributed by atoms with Crippen LogP contribution in [0.15, 0.2) is 0 Å². The third-order valence-electron chi connectivity index (χ3n) is 2.79. The quantitative estimate of drug-likeness (QED) is 0.507. The maximum Gasteiger partial charge on any atom is 0.0626 e. The normalized spacial score (nSPS) is 19.6. The molecule has 0 radical (unpaired) electrons. The molecule has 15 heavy (non-hydrogen) atoms. The molecule has 0 amide bonds. The molecule has 0 bridgehead atoms. The second-order valence-corrected chi connectivity index (χ2v) is 4.76. The fraction of sp³-hybridized carbons (Fsp3) is 1.00. The van der Waals surface area contributed by atoms with Crippen LogP contribution in [0.2, 0.25) is 0 Å². The zero-order valence-corrected chi connectivity index (χ0v) is 10.4. The molecule has 0 aromatic carbocycles. The number of alkyl halides is 1. The van der Waals surface area contributed by atoms with E-state index >= 15 is 0 Å². The first-order valence-electron chi connectivity index (χ1n) is 5.89. The Kier molecular flexibility index (Phi) is 7.36. The van der Waals surface area contributed by atoms with Gasteiger partial charge in [-0.25, -0.2) is 0 Å². The number of likely N-dealkylation sites (tertiary alicyclic amines) is 1. The minimum atomic E-state index is 0.147. The lowest BCUT2D eigenvalue weighted by Gasteiger charge is -2.15. The summed E-state index contributed by atoms with van der Waals surface area (Å²) in [4.78, 5) is 2.51. The number of ether oxygens (including phenoxy) is 1. The van der Waals surface area contributed by atoms with Gasteiger partial charge in [0.1, 0.15) is 0 Å². The second kappa shape index (κ2) is 8.34. The first-order valence-corrected chi connectivity index (χ1v) is 6.32. The van der Waals surface area contributed by atoms with Crippen LogP contribution in [-0.4, -0.2) is 56.7 Å². The van der Waals surface area contributed by atoms with Crippen molar-refractivity contribution in [3.63, 3.8) is 0 Å². The van der Waals surface area contributed by atoms with E-state index < -0.39 is 0 Å². The zero-order valence-electron chi connectivity index (χ0n) is 9.67. The van der Waals surface area contributed by atoms with E-state index in [0.717, 1.165) is 19.5 Å². The fourth-order valence-corrected chi connectivity index (χ4v) is 2.13. The van der Waals surface area contributed by atoms with Gasteiger partial charge in [0.25, 0.3) is 0 Å². The maximum absolute atomic E-state index is 6.01. The largest absolute Gasteiger partial charge is 0.383 e. The topological polar surface area (TPSA) is 24.5 Å². The summed E-state index contributed by atoms with van der Waals surface area (Å²) in [5.41, 5.74) is 0. The second-order valence-electron chi connectivity index (χ2n) is 4.14. The standard InChI is InChI=1S/C11H23ClN2O/c1-15-10-11(12)4-5-13-6-9-14-7-2-3-8-14/h11,13H,2-10H2,1H3. The first-order chi connectivity index (χ1) is 7.33. The van der Waals surface area contributed by atoms with E-state index in [2.05, 4.69) is 10.2 Å². The van der Waals surface area contributed by atoms with Crippen LogP contribution in [0.4, 0.5) is 0 Å². The Balaban J connectivity index is 1.84. The molecule has 1 unspecified atom stereocenters. The summed E-state index contributed by atoms with van der Waals surface area (Å²) >= 11 is 6.01. The van der Waals surface area contributed by atoms with Crippen LogP contribution in [0.3, 0.4) is 0 Å². The average Bonchev–Trinajstić information content (AvgIpc) is 2.70. The van der Waals surface area contributed by atoms with E-state index in [-0.39, 0.29) is 5.38 Å². The van der Waals surface area contributed by atoms with Crippen LogP contribution in [0.5, 0.6) is 0 Å². The Hall–Kier alpha value is 0.170. The summed E-state index contributed by atoms with van der Waals surface area (Å²) in [6.07, 6.45) is 3.73. The summed E-state index contributed by atoms with van der Waals surface area (Å²) in [5, 5.41) is 3.57. The van der Waals surface area contributed by atoms with E-state index in [1.807, 2.05) is 0 Å². The molecule has 1 heterocycles. The Morgan fingerprint density at radius 3 is 2.73 bits per heavy atom. The lowest BCUT2D eigenvalue weighted by Crippen LogP contribution is -2.31. The predicted octanol–water partition coefficient (Wildman–Crippen LogP) is 1.32. The van der Waals surface area contributed by atoms with Crippen LogP contribution in [0.25, 0.3) is 0 Å². The Morgan fingerprint density at radius 2 is 2.07 bits per heavy atom. The van der Waals surface area contributed by atoms with Crippen LogP contribution < -0.4 is 5.32 Å². The van der Waals surface area contributed by atoms with Gasteiger partial charge in [-0.3, -0.25) is 0 Å². The Labute approximate surface area is 98.1 Å². The highest BCUT2D eigenvalue weighted by molar-refractivity contribution is 6.20.